The molecular weight excluding hydrogens is 720 g/mol. The number of phenolic OH excluding ortho intramolecular Hbond substituents is 7. The van der Waals surface area contributed by atoms with Gasteiger partial charge < -0.3 is 60.6 Å². The summed E-state index contributed by atoms with van der Waals surface area (Å²) < 4.78 is 6.39. The molecule has 3 unspecified atom stereocenters. The molecule has 0 saturated heterocycles. The quantitative estimate of drug-likeness (QED) is 0.0601. The molecule has 3 aliphatic carbocycles. The van der Waals surface area contributed by atoms with Crippen LogP contribution in [-0.4, -0.2) is 62.3 Å². The topological polar surface area (TPSA) is 236 Å². The number of aromatic hydroxyl groups is 7. The predicted molar refractivity (Wildman–Crippen MR) is 208 cm³/mol. The Morgan fingerprint density at radius 3 is 2.00 bits per heavy atom. The molecule has 6 aromatic carbocycles. The van der Waals surface area contributed by atoms with E-state index in [9.17, 15) is 56.2 Å². The van der Waals surface area contributed by atoms with Gasteiger partial charge in [0.05, 0.1) is 16.9 Å². The first-order valence-electron chi connectivity index (χ1n) is 17.6. The maximum atomic E-state index is 11.8. The molecular formula is C44H30O12. The maximum absolute atomic E-state index is 11.8. The van der Waals surface area contributed by atoms with Crippen molar-refractivity contribution in [3.05, 3.63) is 118 Å². The number of benzene rings is 6. The smallest absolute Gasteiger partial charge is 0.205 e. The Morgan fingerprint density at radius 2 is 1.23 bits per heavy atom. The molecule has 3 atom stereocenters. The molecule has 0 amide bonds. The van der Waals surface area contributed by atoms with E-state index in [0.717, 1.165) is 55.0 Å². The average molecular weight is 751 g/mol. The Hall–Kier alpha value is -7.44. The van der Waals surface area contributed by atoms with E-state index in [1.807, 2.05) is 60.7 Å². The van der Waals surface area contributed by atoms with Gasteiger partial charge in [-0.3, -0.25) is 0 Å². The number of aliphatic hydroxyl groups is 4. The van der Waals surface area contributed by atoms with Gasteiger partial charge in [0, 0.05) is 33.2 Å². The second kappa shape index (κ2) is 11.3. The Bertz CT molecular complexity index is 3080. The molecule has 7 aromatic rings. The van der Waals surface area contributed by atoms with E-state index in [2.05, 4.69) is 18.2 Å². The monoisotopic (exact) mass is 750 g/mol. The normalized spacial score (nSPS) is 19.2. The summed E-state index contributed by atoms with van der Waals surface area (Å²) in [4.78, 5) is 0. The van der Waals surface area contributed by atoms with Crippen molar-refractivity contribution < 1.29 is 60.6 Å². The number of rotatable bonds is 3. The van der Waals surface area contributed by atoms with Gasteiger partial charge in [0.2, 0.25) is 17.2 Å². The van der Waals surface area contributed by atoms with Crippen LogP contribution in [0, 0.1) is 5.92 Å². The first-order valence-corrected chi connectivity index (χ1v) is 17.6. The van der Waals surface area contributed by atoms with Crippen molar-refractivity contribution in [1.82, 2.24) is 0 Å². The second-order valence-corrected chi connectivity index (χ2v) is 14.3. The lowest BCUT2D eigenvalue weighted by Crippen LogP contribution is -2.32. The molecule has 1 aromatic heterocycles. The van der Waals surface area contributed by atoms with Crippen molar-refractivity contribution >= 4 is 60.7 Å². The molecule has 56 heavy (non-hydrogen) atoms. The van der Waals surface area contributed by atoms with Crippen LogP contribution >= 0.6 is 0 Å². The molecule has 0 radical (unpaired) electrons. The summed E-state index contributed by atoms with van der Waals surface area (Å²) in [6.45, 7) is 0. The zero-order valence-corrected chi connectivity index (χ0v) is 28.8. The molecule has 1 heterocycles. The highest BCUT2D eigenvalue weighted by Crippen LogP contribution is 2.60. The standard InChI is InChI=1S/C44H30O12/c45-33-28(34(46)38(50)31(37(33)49)29-30-32(39(51)41(53)35(29)47)40(52)43(55)42(54)36(30)48)22-13-11-17-9-8-16-10-12-18(20-14-15-21(22)27(17)26(16)20)23-5-3-6-24-19-4-1-2-7-25(19)56-44(23)24/h1-10,12-15,17,28,33,45-55H,11H2. The summed E-state index contributed by atoms with van der Waals surface area (Å²) in [5, 5.41) is 123. The van der Waals surface area contributed by atoms with Crippen molar-refractivity contribution in [2.45, 2.75) is 18.4 Å². The van der Waals surface area contributed by atoms with E-state index < -0.39 is 91.5 Å². The minimum atomic E-state index is -2.01. The van der Waals surface area contributed by atoms with Gasteiger partial charge in [0.15, 0.2) is 28.8 Å². The number of hydrogen-bond donors (Lipinski definition) is 11. The van der Waals surface area contributed by atoms with E-state index >= 15 is 0 Å². The molecule has 12 heteroatoms. The first-order chi connectivity index (χ1) is 26.9. The molecule has 10 rings (SSSR count). The Morgan fingerprint density at radius 1 is 0.554 bits per heavy atom. The van der Waals surface area contributed by atoms with Gasteiger partial charge in [0.1, 0.15) is 28.8 Å². The van der Waals surface area contributed by atoms with Gasteiger partial charge in [-0.1, -0.05) is 78.9 Å². The molecule has 0 bridgehead atoms. The third-order valence-corrected chi connectivity index (χ3v) is 11.5. The number of phenols is 7. The highest BCUT2D eigenvalue weighted by atomic mass is 16.4. The molecule has 12 nitrogen and oxygen atoms in total. The van der Waals surface area contributed by atoms with Crippen molar-refractivity contribution in [2.24, 2.45) is 5.92 Å². The van der Waals surface area contributed by atoms with Crippen LogP contribution in [0.1, 0.15) is 34.6 Å². The van der Waals surface area contributed by atoms with Crippen LogP contribution in [0.2, 0.25) is 0 Å². The summed E-state index contributed by atoms with van der Waals surface area (Å²) in [6, 6.07) is 21.8. The van der Waals surface area contributed by atoms with Gasteiger partial charge in [-0.25, -0.2) is 0 Å². The van der Waals surface area contributed by atoms with E-state index in [1.54, 1.807) is 6.08 Å². The summed E-state index contributed by atoms with van der Waals surface area (Å²) in [5.41, 5.74) is 4.42. The Labute approximate surface area is 314 Å². The SMILES string of the molecule is OC1=C(O)C(C2=CCC3C=Cc4ccc(-c5cccc6c5oc5ccccc56)c5ccc2c3c45)C(O)C(O)=C1c1c(O)c(O)c(O)c2c(O)c(O)c(O)c(O)c12. The molecule has 0 aliphatic heterocycles. The second-order valence-electron chi connectivity index (χ2n) is 14.3. The minimum absolute atomic E-state index is 0.0922. The number of aliphatic hydroxyl groups excluding tert-OH is 4. The van der Waals surface area contributed by atoms with E-state index in [-0.39, 0.29) is 5.92 Å². The molecule has 0 spiro atoms. The van der Waals surface area contributed by atoms with Crippen LogP contribution in [0.15, 0.2) is 101 Å². The van der Waals surface area contributed by atoms with Crippen molar-refractivity contribution in [3.8, 4) is 51.4 Å². The van der Waals surface area contributed by atoms with Crippen LogP contribution in [0.5, 0.6) is 40.2 Å². The number of hydrogen-bond acceptors (Lipinski definition) is 12. The van der Waals surface area contributed by atoms with E-state index in [4.69, 9.17) is 4.42 Å². The summed E-state index contributed by atoms with van der Waals surface area (Å²) in [5.74, 6) is -13.4. The van der Waals surface area contributed by atoms with Gasteiger partial charge in [-0.2, -0.15) is 0 Å². The summed E-state index contributed by atoms with van der Waals surface area (Å²) in [6.07, 6.45) is 4.36. The van der Waals surface area contributed by atoms with Crippen molar-refractivity contribution in [2.75, 3.05) is 0 Å². The van der Waals surface area contributed by atoms with Crippen LogP contribution in [0.4, 0.5) is 0 Å². The van der Waals surface area contributed by atoms with E-state index in [1.165, 1.54) is 0 Å². The van der Waals surface area contributed by atoms with E-state index in [0.29, 0.717) is 17.6 Å². The van der Waals surface area contributed by atoms with Crippen molar-refractivity contribution in [3.63, 3.8) is 0 Å². The lowest BCUT2D eigenvalue weighted by Gasteiger charge is -2.36. The fourth-order valence-corrected chi connectivity index (χ4v) is 8.94. The third-order valence-electron chi connectivity index (χ3n) is 11.5. The van der Waals surface area contributed by atoms with Gasteiger partial charge in [0.25, 0.3) is 0 Å². The number of para-hydroxylation sites is 2. The Balaban J connectivity index is 1.15. The first kappa shape index (κ1) is 33.2. The molecule has 0 saturated carbocycles. The number of allylic oxidation sites excluding steroid dienone is 3. The number of furan rings is 1. The lowest BCUT2D eigenvalue weighted by atomic mass is 9.70. The number of fused-ring (bicyclic) bond motifs is 4. The largest absolute Gasteiger partial charge is 0.509 e. The molecule has 3 aliphatic rings. The fourth-order valence-electron chi connectivity index (χ4n) is 8.94. The van der Waals surface area contributed by atoms with Gasteiger partial charge in [-0.15, -0.1) is 0 Å². The summed E-state index contributed by atoms with van der Waals surface area (Å²) >= 11 is 0. The molecule has 0 fully saturated rings. The van der Waals surface area contributed by atoms with Gasteiger partial charge >= 0.3 is 0 Å². The van der Waals surface area contributed by atoms with Crippen LogP contribution in [-0.2, 0) is 0 Å². The highest BCUT2D eigenvalue weighted by molar-refractivity contribution is 6.15. The minimum Gasteiger partial charge on any atom is -0.509 e. The van der Waals surface area contributed by atoms with Crippen molar-refractivity contribution in [1.29, 1.82) is 0 Å². The van der Waals surface area contributed by atoms with Crippen LogP contribution in [0.3, 0.4) is 0 Å². The van der Waals surface area contributed by atoms with Crippen LogP contribution in [0.25, 0.3) is 71.8 Å². The lowest BCUT2D eigenvalue weighted by molar-refractivity contribution is 0.104. The highest BCUT2D eigenvalue weighted by Gasteiger charge is 2.44. The fraction of sp³-hybridized carbons (Fsp3) is 0.0909. The zero-order valence-electron chi connectivity index (χ0n) is 28.8. The zero-order chi connectivity index (χ0) is 39.1. The van der Waals surface area contributed by atoms with Crippen LogP contribution < -0.4 is 0 Å². The predicted octanol–water partition coefficient (Wildman–Crippen LogP) is 8.68. The Kier molecular flexibility index (Phi) is 6.68. The van der Waals surface area contributed by atoms with Gasteiger partial charge in [-0.05, 0) is 51.1 Å². The molecule has 11 N–H and O–H groups in total. The third kappa shape index (κ3) is 4.10. The summed E-state index contributed by atoms with van der Waals surface area (Å²) in [7, 11) is 0. The molecule has 278 valence electrons. The average Bonchev–Trinajstić information content (AvgIpc) is 3.60. The maximum Gasteiger partial charge on any atom is 0.205 e.